The summed E-state index contributed by atoms with van der Waals surface area (Å²) in [6.07, 6.45) is 2.73. The van der Waals surface area contributed by atoms with E-state index in [1.54, 1.807) is 11.5 Å². The summed E-state index contributed by atoms with van der Waals surface area (Å²) in [6, 6.07) is 2.21. The van der Waals surface area contributed by atoms with Gasteiger partial charge in [0.05, 0.1) is 5.69 Å². The maximum Gasteiger partial charge on any atom is 0.0575 e. The van der Waals surface area contributed by atoms with Crippen LogP contribution in [0, 0.1) is 6.92 Å². The summed E-state index contributed by atoms with van der Waals surface area (Å²) in [5.41, 5.74) is 1.33. The average molecular weight is 139 g/mol. The summed E-state index contributed by atoms with van der Waals surface area (Å²) in [4.78, 5) is 1.34. The fraction of sp³-hybridized carbons (Fsp3) is 0.571. The van der Waals surface area contributed by atoms with Crippen LogP contribution in [0.3, 0.4) is 0 Å². The molecule has 0 N–H and O–H groups in total. The highest BCUT2D eigenvalue weighted by atomic mass is 32.1. The predicted molar refractivity (Wildman–Crippen MR) is 38.8 cm³/mol. The number of hydrogen-bond acceptors (Lipinski definition) is 2. The van der Waals surface area contributed by atoms with Crippen LogP contribution in [-0.2, 0) is 0 Å². The smallest absolute Gasteiger partial charge is 0.0575 e. The molecule has 1 saturated carbocycles. The first-order valence-corrected chi connectivity index (χ1v) is 4.07. The summed E-state index contributed by atoms with van der Waals surface area (Å²) in [5, 5.41) is 0. The fourth-order valence-electron chi connectivity index (χ4n) is 0.957. The maximum atomic E-state index is 4.32. The standard InChI is InChI=1S/C7H9NS/c1-5-4-7(8-9-5)6-2-3-6/h4,6H,2-3H2,1H3. The van der Waals surface area contributed by atoms with E-state index in [2.05, 4.69) is 17.4 Å². The van der Waals surface area contributed by atoms with E-state index in [9.17, 15) is 0 Å². The van der Waals surface area contributed by atoms with Gasteiger partial charge in [0.1, 0.15) is 0 Å². The zero-order valence-electron chi connectivity index (χ0n) is 5.42. The van der Waals surface area contributed by atoms with Crippen molar-refractivity contribution in [3.05, 3.63) is 16.6 Å². The van der Waals surface area contributed by atoms with E-state index in [1.165, 1.54) is 23.4 Å². The molecule has 0 saturated heterocycles. The number of aryl methyl sites for hydroxylation is 1. The van der Waals surface area contributed by atoms with Gasteiger partial charge >= 0.3 is 0 Å². The van der Waals surface area contributed by atoms with Crippen molar-refractivity contribution in [2.45, 2.75) is 25.7 Å². The van der Waals surface area contributed by atoms with Crippen molar-refractivity contribution in [3.63, 3.8) is 0 Å². The second kappa shape index (κ2) is 1.81. The van der Waals surface area contributed by atoms with E-state index in [0.717, 1.165) is 5.92 Å². The van der Waals surface area contributed by atoms with E-state index < -0.39 is 0 Å². The van der Waals surface area contributed by atoms with Gasteiger partial charge in [-0.1, -0.05) is 0 Å². The topological polar surface area (TPSA) is 12.9 Å². The average Bonchev–Trinajstić information content (AvgIpc) is 2.58. The third-order valence-corrected chi connectivity index (χ3v) is 2.35. The molecule has 1 fully saturated rings. The third-order valence-electron chi connectivity index (χ3n) is 1.64. The summed E-state index contributed by atoms with van der Waals surface area (Å²) < 4.78 is 4.32. The van der Waals surface area contributed by atoms with Crippen molar-refractivity contribution in [3.8, 4) is 0 Å². The lowest BCUT2D eigenvalue weighted by Crippen LogP contribution is -1.72. The van der Waals surface area contributed by atoms with Crippen molar-refractivity contribution in [1.82, 2.24) is 4.37 Å². The van der Waals surface area contributed by atoms with E-state index in [-0.39, 0.29) is 0 Å². The number of hydrogen-bond donors (Lipinski definition) is 0. The van der Waals surface area contributed by atoms with Gasteiger partial charge < -0.3 is 0 Å². The van der Waals surface area contributed by atoms with Gasteiger partial charge in [-0.15, -0.1) is 0 Å². The van der Waals surface area contributed by atoms with Crippen LogP contribution in [0.5, 0.6) is 0 Å². The molecule has 0 unspecified atom stereocenters. The lowest BCUT2D eigenvalue weighted by atomic mass is 10.3. The first kappa shape index (κ1) is 5.42. The second-order valence-electron chi connectivity index (χ2n) is 2.64. The van der Waals surface area contributed by atoms with Gasteiger partial charge in [0, 0.05) is 10.8 Å². The van der Waals surface area contributed by atoms with Crippen molar-refractivity contribution < 1.29 is 0 Å². The van der Waals surface area contributed by atoms with E-state index >= 15 is 0 Å². The Morgan fingerprint density at radius 2 is 2.44 bits per heavy atom. The van der Waals surface area contributed by atoms with Gasteiger partial charge in [-0.05, 0) is 37.4 Å². The van der Waals surface area contributed by atoms with Crippen LogP contribution in [0.4, 0.5) is 0 Å². The Bertz CT molecular complexity index is 212. The van der Waals surface area contributed by atoms with Crippen LogP contribution in [0.15, 0.2) is 6.07 Å². The van der Waals surface area contributed by atoms with Crippen molar-refractivity contribution >= 4 is 11.5 Å². The molecule has 1 heterocycles. The van der Waals surface area contributed by atoms with Crippen molar-refractivity contribution in [1.29, 1.82) is 0 Å². The Labute approximate surface area is 58.9 Å². The second-order valence-corrected chi connectivity index (χ2v) is 3.65. The normalized spacial score (nSPS) is 18.3. The molecule has 0 spiro atoms. The minimum Gasteiger partial charge on any atom is -0.197 e. The van der Waals surface area contributed by atoms with Gasteiger partial charge in [-0.25, -0.2) is 0 Å². The monoisotopic (exact) mass is 139 g/mol. The van der Waals surface area contributed by atoms with Gasteiger partial charge in [-0.2, -0.15) is 4.37 Å². The van der Waals surface area contributed by atoms with Crippen molar-refractivity contribution in [2.24, 2.45) is 0 Å². The molecule has 0 aliphatic heterocycles. The van der Waals surface area contributed by atoms with Gasteiger partial charge in [0.2, 0.25) is 0 Å². The molecule has 1 aliphatic carbocycles. The Balaban J connectivity index is 2.28. The molecule has 1 aromatic rings. The maximum absolute atomic E-state index is 4.32. The first-order valence-electron chi connectivity index (χ1n) is 3.29. The number of nitrogens with zero attached hydrogens (tertiary/aromatic N) is 1. The summed E-state index contributed by atoms with van der Waals surface area (Å²) in [6.45, 7) is 2.11. The van der Waals surface area contributed by atoms with E-state index in [1.807, 2.05) is 0 Å². The highest BCUT2D eigenvalue weighted by Gasteiger charge is 2.25. The Morgan fingerprint density at radius 1 is 1.67 bits per heavy atom. The van der Waals surface area contributed by atoms with Gasteiger partial charge in [-0.3, -0.25) is 0 Å². The molecule has 0 atom stereocenters. The van der Waals surface area contributed by atoms with Crippen LogP contribution in [0.1, 0.15) is 29.3 Å². The Morgan fingerprint density at radius 3 is 2.89 bits per heavy atom. The van der Waals surface area contributed by atoms with Crippen LogP contribution in [-0.4, -0.2) is 4.37 Å². The molecule has 1 aliphatic rings. The quantitative estimate of drug-likeness (QED) is 0.582. The number of aromatic nitrogens is 1. The largest absolute Gasteiger partial charge is 0.197 e. The lowest BCUT2D eigenvalue weighted by molar-refractivity contribution is 1.07. The molecule has 0 radical (unpaired) electrons. The first-order chi connectivity index (χ1) is 4.36. The minimum atomic E-state index is 0.829. The van der Waals surface area contributed by atoms with E-state index in [0.29, 0.717) is 0 Å². The van der Waals surface area contributed by atoms with Crippen LogP contribution in [0.2, 0.25) is 0 Å². The molecular formula is C7H9NS. The molecule has 1 aromatic heterocycles. The molecule has 0 aromatic carbocycles. The number of rotatable bonds is 1. The van der Waals surface area contributed by atoms with Crippen LogP contribution < -0.4 is 0 Å². The summed E-state index contributed by atoms with van der Waals surface area (Å²) in [5.74, 6) is 0.829. The zero-order valence-corrected chi connectivity index (χ0v) is 6.24. The summed E-state index contributed by atoms with van der Waals surface area (Å²) >= 11 is 1.62. The molecule has 0 amide bonds. The molecule has 2 heteroatoms. The molecule has 1 nitrogen and oxygen atoms in total. The molecule has 2 rings (SSSR count). The highest BCUT2D eigenvalue weighted by Crippen LogP contribution is 2.39. The third kappa shape index (κ3) is 0.990. The molecular weight excluding hydrogens is 130 g/mol. The Kier molecular flexibility index (Phi) is 1.09. The lowest BCUT2D eigenvalue weighted by Gasteiger charge is -1.81. The Hall–Kier alpha value is -0.370. The van der Waals surface area contributed by atoms with Crippen LogP contribution >= 0.6 is 11.5 Å². The zero-order chi connectivity index (χ0) is 6.27. The van der Waals surface area contributed by atoms with Crippen LogP contribution in [0.25, 0.3) is 0 Å². The molecule has 0 bridgehead atoms. The van der Waals surface area contributed by atoms with Gasteiger partial charge in [0.25, 0.3) is 0 Å². The molecule has 9 heavy (non-hydrogen) atoms. The summed E-state index contributed by atoms with van der Waals surface area (Å²) in [7, 11) is 0. The highest BCUT2D eigenvalue weighted by molar-refractivity contribution is 7.05. The SMILES string of the molecule is Cc1cc(C2CC2)ns1. The predicted octanol–water partition coefficient (Wildman–Crippen LogP) is 2.33. The van der Waals surface area contributed by atoms with Gasteiger partial charge in [0.15, 0.2) is 0 Å². The fourth-order valence-corrected chi connectivity index (χ4v) is 1.58. The van der Waals surface area contributed by atoms with E-state index in [4.69, 9.17) is 0 Å². The minimum absolute atomic E-state index is 0.829. The molecule has 48 valence electrons. The van der Waals surface area contributed by atoms with Crippen molar-refractivity contribution in [2.75, 3.05) is 0 Å².